The molecule has 176 valence electrons. The van der Waals surface area contributed by atoms with Crippen molar-refractivity contribution in [3.63, 3.8) is 0 Å². The maximum Gasteiger partial charge on any atom is 0.269 e. The number of aryl methyl sites for hydroxylation is 1. The summed E-state index contributed by atoms with van der Waals surface area (Å²) < 4.78 is 39.3. The van der Waals surface area contributed by atoms with Crippen molar-refractivity contribution in [1.82, 2.24) is 13.9 Å². The Morgan fingerprint density at radius 1 is 0.714 bits per heavy atom. The predicted octanol–water partition coefficient (Wildman–Crippen LogP) is 5.33. The number of hydrogen-bond donors (Lipinski definition) is 0. The van der Waals surface area contributed by atoms with Crippen LogP contribution in [0.15, 0.2) is 90.0 Å². The van der Waals surface area contributed by atoms with E-state index in [0.29, 0.717) is 34.0 Å². The lowest BCUT2D eigenvalue weighted by molar-refractivity contribution is 0.415. The Balaban J connectivity index is 1.82. The van der Waals surface area contributed by atoms with Gasteiger partial charge in [-0.3, -0.25) is 0 Å². The maximum absolute atomic E-state index is 13.5. The molecule has 5 rings (SSSR count). The molecule has 0 aliphatic rings. The van der Waals surface area contributed by atoms with Crippen molar-refractivity contribution in [2.75, 3.05) is 14.2 Å². The lowest BCUT2D eigenvalue weighted by Crippen LogP contribution is -2.13. The van der Waals surface area contributed by atoms with Crippen LogP contribution in [0, 0.1) is 6.92 Å². The van der Waals surface area contributed by atoms with Crippen LogP contribution in [0.5, 0.6) is 11.5 Å². The Labute approximate surface area is 203 Å². The summed E-state index contributed by atoms with van der Waals surface area (Å²) in [6.07, 6.45) is 1.48. The minimum Gasteiger partial charge on any atom is -0.496 e. The number of methoxy groups -OCH3 is 2. The van der Waals surface area contributed by atoms with Crippen LogP contribution in [0.25, 0.3) is 33.7 Å². The zero-order valence-electron chi connectivity index (χ0n) is 19.5. The summed E-state index contributed by atoms with van der Waals surface area (Å²) in [4.78, 5) is 9.90. The number of para-hydroxylation sites is 2. The largest absolute Gasteiger partial charge is 0.496 e. The molecule has 0 spiro atoms. The molecule has 35 heavy (non-hydrogen) atoms. The van der Waals surface area contributed by atoms with Crippen LogP contribution in [0.2, 0.25) is 0 Å². The molecule has 0 saturated heterocycles. The van der Waals surface area contributed by atoms with Crippen molar-refractivity contribution >= 4 is 21.2 Å². The molecule has 0 bridgehead atoms. The molecular formula is C27H23N3O4S. The van der Waals surface area contributed by atoms with E-state index < -0.39 is 10.0 Å². The second kappa shape index (κ2) is 8.88. The molecule has 0 atom stereocenters. The van der Waals surface area contributed by atoms with E-state index in [4.69, 9.17) is 19.4 Å². The molecule has 3 aromatic carbocycles. The topological polar surface area (TPSA) is 83.3 Å². The van der Waals surface area contributed by atoms with E-state index in [9.17, 15) is 8.42 Å². The Kier molecular flexibility index (Phi) is 5.74. The lowest BCUT2D eigenvalue weighted by Gasteiger charge is -2.15. The second-order valence-electron chi connectivity index (χ2n) is 7.96. The summed E-state index contributed by atoms with van der Waals surface area (Å²) in [6, 6.07) is 23.3. The first-order valence-corrected chi connectivity index (χ1v) is 12.4. The van der Waals surface area contributed by atoms with Crippen LogP contribution in [0.4, 0.5) is 0 Å². The van der Waals surface area contributed by atoms with Crippen LogP contribution in [-0.4, -0.2) is 36.6 Å². The molecule has 0 unspecified atom stereocenters. The van der Waals surface area contributed by atoms with Gasteiger partial charge in [0.05, 0.1) is 19.1 Å². The van der Waals surface area contributed by atoms with Crippen molar-refractivity contribution in [3.8, 4) is 34.0 Å². The van der Waals surface area contributed by atoms with Crippen LogP contribution < -0.4 is 9.47 Å². The molecule has 0 aliphatic heterocycles. The Bertz CT molecular complexity index is 1640. The molecule has 0 aliphatic carbocycles. The summed E-state index contributed by atoms with van der Waals surface area (Å²) >= 11 is 0. The van der Waals surface area contributed by atoms with Crippen molar-refractivity contribution in [1.29, 1.82) is 0 Å². The molecule has 7 nitrogen and oxygen atoms in total. The highest BCUT2D eigenvalue weighted by Crippen LogP contribution is 2.39. The highest BCUT2D eigenvalue weighted by molar-refractivity contribution is 7.90. The van der Waals surface area contributed by atoms with Gasteiger partial charge in [-0.15, -0.1) is 0 Å². The zero-order chi connectivity index (χ0) is 24.6. The Morgan fingerprint density at radius 2 is 1.26 bits per heavy atom. The van der Waals surface area contributed by atoms with Gasteiger partial charge in [-0.25, -0.2) is 22.4 Å². The fraction of sp³-hybridized carbons (Fsp3) is 0.111. The molecule has 2 heterocycles. The number of aromatic nitrogens is 3. The molecule has 2 aromatic heterocycles. The van der Waals surface area contributed by atoms with Gasteiger partial charge in [0.15, 0.2) is 5.65 Å². The zero-order valence-corrected chi connectivity index (χ0v) is 20.3. The molecule has 8 heteroatoms. The van der Waals surface area contributed by atoms with Crippen molar-refractivity contribution < 1.29 is 17.9 Å². The average Bonchev–Trinajstić information content (AvgIpc) is 3.32. The van der Waals surface area contributed by atoms with E-state index in [1.165, 1.54) is 10.2 Å². The van der Waals surface area contributed by atoms with Crippen molar-refractivity contribution in [2.24, 2.45) is 0 Å². The van der Waals surface area contributed by atoms with Gasteiger partial charge in [-0.05, 0) is 49.4 Å². The summed E-state index contributed by atoms with van der Waals surface area (Å²) in [5.41, 5.74) is 4.11. The molecular weight excluding hydrogens is 462 g/mol. The van der Waals surface area contributed by atoms with Gasteiger partial charge in [0.2, 0.25) is 0 Å². The number of hydrogen-bond acceptors (Lipinski definition) is 6. The van der Waals surface area contributed by atoms with Gasteiger partial charge < -0.3 is 9.47 Å². The van der Waals surface area contributed by atoms with E-state index >= 15 is 0 Å². The Hall–Kier alpha value is -4.17. The quantitative estimate of drug-likeness (QED) is 0.323. The summed E-state index contributed by atoms with van der Waals surface area (Å²) in [5.74, 6) is 1.22. The van der Waals surface area contributed by atoms with E-state index in [1.807, 2.05) is 55.5 Å². The third-order valence-electron chi connectivity index (χ3n) is 5.78. The third-order valence-corrected chi connectivity index (χ3v) is 7.46. The smallest absolute Gasteiger partial charge is 0.269 e. The standard InChI is InChI=1S/C27H23N3O4S/c1-18-12-14-19(15-13-18)35(31,32)30-17-16-22-27(30)29-26(21-9-5-7-11-24(21)34-3)25(28-22)20-8-4-6-10-23(20)33-2/h4-17H,1-3H3. The van der Waals surface area contributed by atoms with Crippen LogP contribution in [0.1, 0.15) is 5.56 Å². The lowest BCUT2D eigenvalue weighted by atomic mass is 10.0. The fourth-order valence-corrected chi connectivity index (χ4v) is 5.29. The van der Waals surface area contributed by atoms with Crippen LogP contribution >= 0.6 is 0 Å². The number of nitrogens with zero attached hydrogens (tertiary/aromatic N) is 3. The first-order chi connectivity index (χ1) is 16.9. The van der Waals surface area contributed by atoms with E-state index in [-0.39, 0.29) is 10.5 Å². The third kappa shape index (κ3) is 3.91. The molecule has 0 amide bonds. The van der Waals surface area contributed by atoms with Gasteiger partial charge in [-0.2, -0.15) is 0 Å². The first-order valence-electron chi connectivity index (χ1n) is 10.9. The normalized spacial score (nSPS) is 11.5. The summed E-state index contributed by atoms with van der Waals surface area (Å²) in [7, 11) is -0.709. The van der Waals surface area contributed by atoms with Gasteiger partial charge >= 0.3 is 0 Å². The van der Waals surface area contributed by atoms with Crippen LogP contribution in [0.3, 0.4) is 0 Å². The highest BCUT2D eigenvalue weighted by Gasteiger charge is 2.24. The number of benzene rings is 3. The minimum atomic E-state index is -3.89. The molecule has 0 radical (unpaired) electrons. The summed E-state index contributed by atoms with van der Waals surface area (Å²) in [6.45, 7) is 1.91. The number of rotatable bonds is 6. The Morgan fingerprint density at radius 3 is 1.83 bits per heavy atom. The second-order valence-corrected chi connectivity index (χ2v) is 9.77. The van der Waals surface area contributed by atoms with E-state index in [1.54, 1.807) is 44.6 Å². The first kappa shape index (κ1) is 22.6. The maximum atomic E-state index is 13.5. The SMILES string of the molecule is COc1ccccc1-c1nc2ccn(S(=O)(=O)c3ccc(C)cc3)c2nc1-c1ccccc1OC. The van der Waals surface area contributed by atoms with Gasteiger partial charge in [0.1, 0.15) is 28.4 Å². The fourth-order valence-electron chi connectivity index (χ4n) is 4.00. The van der Waals surface area contributed by atoms with Gasteiger partial charge in [0.25, 0.3) is 10.0 Å². The molecule has 0 N–H and O–H groups in total. The highest BCUT2D eigenvalue weighted by atomic mass is 32.2. The van der Waals surface area contributed by atoms with E-state index in [0.717, 1.165) is 11.1 Å². The van der Waals surface area contributed by atoms with Gasteiger partial charge in [-0.1, -0.05) is 42.0 Å². The van der Waals surface area contributed by atoms with Crippen molar-refractivity contribution in [2.45, 2.75) is 11.8 Å². The number of ether oxygens (including phenoxy) is 2. The monoisotopic (exact) mass is 485 g/mol. The molecule has 0 fully saturated rings. The minimum absolute atomic E-state index is 0.176. The van der Waals surface area contributed by atoms with Crippen LogP contribution in [-0.2, 0) is 10.0 Å². The average molecular weight is 486 g/mol. The number of fused-ring (bicyclic) bond motifs is 1. The summed E-state index contributed by atoms with van der Waals surface area (Å²) in [5, 5.41) is 0. The predicted molar refractivity (Wildman–Crippen MR) is 135 cm³/mol. The molecule has 0 saturated carbocycles. The van der Waals surface area contributed by atoms with Gasteiger partial charge in [0, 0.05) is 17.3 Å². The molecule has 5 aromatic rings. The van der Waals surface area contributed by atoms with E-state index in [2.05, 4.69) is 0 Å². The van der Waals surface area contributed by atoms with Crippen molar-refractivity contribution in [3.05, 3.63) is 90.6 Å².